The molecule has 0 bridgehead atoms. The summed E-state index contributed by atoms with van der Waals surface area (Å²) in [5.41, 5.74) is 0.526. The van der Waals surface area contributed by atoms with Crippen molar-refractivity contribution < 1.29 is 18.7 Å². The summed E-state index contributed by atoms with van der Waals surface area (Å²) in [5, 5.41) is 4.97. The first kappa shape index (κ1) is 16.5. The van der Waals surface area contributed by atoms with Crippen molar-refractivity contribution in [3.63, 3.8) is 0 Å². The second kappa shape index (κ2) is 7.93. The number of para-hydroxylation sites is 3. The van der Waals surface area contributed by atoms with Crippen LogP contribution in [0.2, 0.25) is 0 Å². The molecule has 2 N–H and O–H groups in total. The topological polar surface area (TPSA) is 67.4 Å². The van der Waals surface area contributed by atoms with Crippen molar-refractivity contribution in [2.45, 2.75) is 13.3 Å². The first-order chi connectivity index (χ1) is 11.1. The molecule has 0 saturated heterocycles. The third-order valence-corrected chi connectivity index (χ3v) is 2.93. The van der Waals surface area contributed by atoms with Crippen LogP contribution in [0.3, 0.4) is 0 Å². The van der Waals surface area contributed by atoms with Crippen LogP contribution in [-0.4, -0.2) is 18.4 Å². The highest BCUT2D eigenvalue weighted by Gasteiger charge is 2.13. The summed E-state index contributed by atoms with van der Waals surface area (Å²) in [6.07, 6.45) is -0.422. The lowest BCUT2D eigenvalue weighted by atomic mass is 10.2. The van der Waals surface area contributed by atoms with Gasteiger partial charge in [-0.2, -0.15) is 0 Å². The largest absolute Gasteiger partial charge is 0.492 e. The van der Waals surface area contributed by atoms with Crippen molar-refractivity contribution >= 4 is 23.2 Å². The van der Waals surface area contributed by atoms with E-state index in [-0.39, 0.29) is 5.69 Å². The molecule has 2 amide bonds. The molecule has 0 heterocycles. The van der Waals surface area contributed by atoms with Crippen LogP contribution in [0, 0.1) is 5.82 Å². The van der Waals surface area contributed by atoms with E-state index in [1.54, 1.807) is 30.3 Å². The number of hydrogen-bond donors (Lipinski definition) is 2. The second-order valence-electron chi connectivity index (χ2n) is 4.68. The Morgan fingerprint density at radius 2 is 1.52 bits per heavy atom. The normalized spacial score (nSPS) is 10.0. The highest BCUT2D eigenvalue weighted by molar-refractivity contribution is 6.08. The summed E-state index contributed by atoms with van der Waals surface area (Å²) < 4.78 is 18.8. The smallest absolute Gasteiger partial charge is 0.233 e. The van der Waals surface area contributed by atoms with Gasteiger partial charge in [-0.15, -0.1) is 0 Å². The van der Waals surface area contributed by atoms with Crippen molar-refractivity contribution in [2.75, 3.05) is 17.2 Å². The number of carbonyl (C=O) groups excluding carboxylic acids is 2. The Kier molecular flexibility index (Phi) is 5.68. The highest BCUT2D eigenvalue weighted by Crippen LogP contribution is 2.23. The molecule has 0 aliphatic rings. The maximum Gasteiger partial charge on any atom is 0.233 e. The minimum atomic E-state index is -0.596. The standard InChI is InChI=1S/C17H17FN2O3/c1-2-23-15-10-6-5-9-14(15)20-17(22)11-16(21)19-13-8-4-3-7-12(13)18/h3-10H,2,11H2,1H3,(H,19,21)(H,20,22). The Morgan fingerprint density at radius 1 is 0.957 bits per heavy atom. The summed E-state index contributed by atoms with van der Waals surface area (Å²) in [6.45, 7) is 2.29. The zero-order chi connectivity index (χ0) is 16.7. The van der Waals surface area contributed by atoms with E-state index in [4.69, 9.17) is 4.74 Å². The number of ether oxygens (including phenoxy) is 1. The van der Waals surface area contributed by atoms with E-state index in [1.807, 2.05) is 6.92 Å². The van der Waals surface area contributed by atoms with Crippen molar-refractivity contribution in [3.8, 4) is 5.75 Å². The number of rotatable bonds is 6. The quantitative estimate of drug-likeness (QED) is 0.804. The van der Waals surface area contributed by atoms with Gasteiger partial charge in [-0.1, -0.05) is 24.3 Å². The molecule has 0 spiro atoms. The maximum absolute atomic E-state index is 13.4. The third kappa shape index (κ3) is 4.81. The molecule has 2 rings (SSSR count). The molecular formula is C17H17FN2O3. The van der Waals surface area contributed by atoms with Gasteiger partial charge in [0, 0.05) is 0 Å². The number of nitrogens with one attached hydrogen (secondary N) is 2. The fourth-order valence-electron chi connectivity index (χ4n) is 1.95. The van der Waals surface area contributed by atoms with Crippen LogP contribution < -0.4 is 15.4 Å². The summed E-state index contributed by atoms with van der Waals surface area (Å²) >= 11 is 0. The van der Waals surface area contributed by atoms with Gasteiger partial charge in [-0.25, -0.2) is 4.39 Å². The predicted octanol–water partition coefficient (Wildman–Crippen LogP) is 3.19. The number of halogens is 1. The molecule has 5 nitrogen and oxygen atoms in total. The van der Waals surface area contributed by atoms with E-state index >= 15 is 0 Å². The lowest BCUT2D eigenvalue weighted by Crippen LogP contribution is -2.22. The minimum Gasteiger partial charge on any atom is -0.492 e. The average molecular weight is 316 g/mol. The van der Waals surface area contributed by atoms with Gasteiger partial charge in [-0.05, 0) is 31.2 Å². The number of anilines is 2. The Hall–Kier alpha value is -2.89. The Labute approximate surface area is 133 Å². The molecule has 120 valence electrons. The van der Waals surface area contributed by atoms with Gasteiger partial charge in [-0.3, -0.25) is 9.59 Å². The molecule has 2 aromatic rings. The minimum absolute atomic E-state index is 0.0417. The maximum atomic E-state index is 13.4. The predicted molar refractivity (Wildman–Crippen MR) is 85.9 cm³/mol. The van der Waals surface area contributed by atoms with Crippen LogP contribution in [0.15, 0.2) is 48.5 Å². The number of benzene rings is 2. The first-order valence-corrected chi connectivity index (χ1v) is 7.16. The van der Waals surface area contributed by atoms with Gasteiger partial charge >= 0.3 is 0 Å². The second-order valence-corrected chi connectivity index (χ2v) is 4.68. The summed E-state index contributed by atoms with van der Waals surface area (Å²) in [6, 6.07) is 12.7. The molecular weight excluding hydrogens is 299 g/mol. The zero-order valence-corrected chi connectivity index (χ0v) is 12.6. The van der Waals surface area contributed by atoms with Gasteiger partial charge in [0.25, 0.3) is 0 Å². The van der Waals surface area contributed by atoms with Crippen LogP contribution in [-0.2, 0) is 9.59 Å². The molecule has 0 aliphatic carbocycles. The lowest BCUT2D eigenvalue weighted by Gasteiger charge is -2.11. The van der Waals surface area contributed by atoms with Crippen LogP contribution >= 0.6 is 0 Å². The summed E-state index contributed by atoms with van der Waals surface area (Å²) in [4.78, 5) is 23.7. The summed E-state index contributed by atoms with van der Waals surface area (Å²) in [5.74, 6) is -1.13. The van der Waals surface area contributed by atoms with Crippen LogP contribution in [0.25, 0.3) is 0 Å². The zero-order valence-electron chi connectivity index (χ0n) is 12.6. The molecule has 23 heavy (non-hydrogen) atoms. The molecule has 0 fully saturated rings. The molecule has 2 aromatic carbocycles. The molecule has 6 heteroatoms. The molecule has 0 atom stereocenters. The van der Waals surface area contributed by atoms with Crippen LogP contribution in [0.4, 0.5) is 15.8 Å². The number of carbonyl (C=O) groups is 2. The molecule has 0 saturated carbocycles. The monoisotopic (exact) mass is 316 g/mol. The SMILES string of the molecule is CCOc1ccccc1NC(=O)CC(=O)Nc1ccccc1F. The number of hydrogen-bond acceptors (Lipinski definition) is 3. The van der Waals surface area contributed by atoms with E-state index in [1.165, 1.54) is 18.2 Å². The van der Waals surface area contributed by atoms with Crippen molar-refractivity contribution in [1.82, 2.24) is 0 Å². The highest BCUT2D eigenvalue weighted by atomic mass is 19.1. The lowest BCUT2D eigenvalue weighted by molar-refractivity contribution is -0.123. The third-order valence-electron chi connectivity index (χ3n) is 2.93. The van der Waals surface area contributed by atoms with E-state index in [9.17, 15) is 14.0 Å². The fraction of sp³-hybridized carbons (Fsp3) is 0.176. The van der Waals surface area contributed by atoms with E-state index < -0.39 is 24.1 Å². The first-order valence-electron chi connectivity index (χ1n) is 7.16. The van der Waals surface area contributed by atoms with Crippen LogP contribution in [0.1, 0.15) is 13.3 Å². The summed E-state index contributed by atoms with van der Waals surface area (Å²) in [7, 11) is 0. The van der Waals surface area contributed by atoms with E-state index in [2.05, 4.69) is 10.6 Å². The van der Waals surface area contributed by atoms with Gasteiger partial charge in [0.15, 0.2) is 0 Å². The van der Waals surface area contributed by atoms with Crippen molar-refractivity contribution in [3.05, 3.63) is 54.3 Å². The molecule has 0 radical (unpaired) electrons. The molecule has 0 aliphatic heterocycles. The van der Waals surface area contributed by atoms with Gasteiger partial charge in [0.05, 0.1) is 18.0 Å². The van der Waals surface area contributed by atoms with Crippen molar-refractivity contribution in [1.29, 1.82) is 0 Å². The number of amides is 2. The van der Waals surface area contributed by atoms with Crippen molar-refractivity contribution in [2.24, 2.45) is 0 Å². The van der Waals surface area contributed by atoms with Gasteiger partial charge in [0.1, 0.15) is 18.0 Å². The van der Waals surface area contributed by atoms with Gasteiger partial charge in [0.2, 0.25) is 11.8 Å². The Bertz CT molecular complexity index is 704. The van der Waals surface area contributed by atoms with Crippen LogP contribution in [0.5, 0.6) is 5.75 Å². The Balaban J connectivity index is 1.95. The van der Waals surface area contributed by atoms with Gasteiger partial charge < -0.3 is 15.4 Å². The fourth-order valence-corrected chi connectivity index (χ4v) is 1.95. The average Bonchev–Trinajstić information content (AvgIpc) is 2.51. The van der Waals surface area contributed by atoms with E-state index in [0.717, 1.165) is 0 Å². The molecule has 0 unspecified atom stereocenters. The molecule has 0 aromatic heterocycles. The van der Waals surface area contributed by atoms with E-state index in [0.29, 0.717) is 18.0 Å². The Morgan fingerprint density at radius 3 is 2.17 bits per heavy atom.